The molecule has 0 aliphatic heterocycles. The van der Waals surface area contributed by atoms with Crippen LogP contribution in [-0.4, -0.2) is 11.1 Å². The van der Waals surface area contributed by atoms with Gasteiger partial charge >= 0.3 is 5.97 Å². The Balaban J connectivity index is 2.30. The predicted molar refractivity (Wildman–Crippen MR) is 90.4 cm³/mol. The van der Waals surface area contributed by atoms with Gasteiger partial charge in [0, 0.05) is 0 Å². The van der Waals surface area contributed by atoms with Gasteiger partial charge in [0.25, 0.3) is 0 Å². The summed E-state index contributed by atoms with van der Waals surface area (Å²) in [5.74, 6) is -1.11. The third-order valence-corrected chi connectivity index (χ3v) is 4.54. The van der Waals surface area contributed by atoms with Gasteiger partial charge in [0.05, 0.1) is 5.92 Å². The molecule has 116 valence electrons. The molecule has 0 unspecified atom stereocenters. The van der Waals surface area contributed by atoms with E-state index in [0.29, 0.717) is 12.8 Å². The molecule has 0 radical (unpaired) electrons. The number of carbonyl (C=O) groups is 1. The van der Waals surface area contributed by atoms with Gasteiger partial charge in [-0.1, -0.05) is 36.4 Å². The van der Waals surface area contributed by atoms with Gasteiger partial charge in [-0.25, -0.2) is 0 Å². The van der Waals surface area contributed by atoms with Gasteiger partial charge in [0.2, 0.25) is 0 Å². The van der Waals surface area contributed by atoms with Crippen molar-refractivity contribution in [2.75, 3.05) is 0 Å². The molecule has 2 heteroatoms. The van der Waals surface area contributed by atoms with E-state index in [-0.39, 0.29) is 5.92 Å². The first-order valence-electron chi connectivity index (χ1n) is 7.73. The highest BCUT2D eigenvalue weighted by molar-refractivity contribution is 5.71. The fourth-order valence-electron chi connectivity index (χ4n) is 3.08. The maximum absolute atomic E-state index is 11.8. The van der Waals surface area contributed by atoms with E-state index >= 15 is 0 Å². The molecule has 0 fully saturated rings. The number of hydrogen-bond donors (Lipinski definition) is 1. The Labute approximate surface area is 132 Å². The lowest BCUT2D eigenvalue weighted by Crippen LogP contribution is -2.21. The minimum atomic E-state index is -0.717. The number of hydrogen-bond acceptors (Lipinski definition) is 1. The minimum absolute atomic E-state index is 0.389. The summed E-state index contributed by atoms with van der Waals surface area (Å²) in [6.07, 6.45) is 1.17. The van der Waals surface area contributed by atoms with Crippen molar-refractivity contribution in [1.82, 2.24) is 0 Å². The van der Waals surface area contributed by atoms with Gasteiger partial charge in [-0.05, 0) is 73.9 Å². The first-order valence-corrected chi connectivity index (χ1v) is 7.73. The van der Waals surface area contributed by atoms with Crippen molar-refractivity contribution in [2.45, 2.75) is 40.5 Å². The molecular formula is C20H24O2. The molecule has 0 aromatic heterocycles. The summed E-state index contributed by atoms with van der Waals surface area (Å²) < 4.78 is 0. The molecule has 0 amide bonds. The number of carboxylic acids is 1. The molecule has 0 spiro atoms. The van der Waals surface area contributed by atoms with Gasteiger partial charge in [0.1, 0.15) is 0 Å². The van der Waals surface area contributed by atoms with E-state index < -0.39 is 5.97 Å². The second kappa shape index (κ2) is 6.78. The third kappa shape index (κ3) is 3.56. The van der Waals surface area contributed by atoms with Crippen LogP contribution in [0.25, 0.3) is 0 Å². The van der Waals surface area contributed by atoms with Crippen LogP contribution in [0, 0.1) is 33.6 Å². The summed E-state index contributed by atoms with van der Waals surface area (Å²) >= 11 is 0. The molecule has 2 nitrogen and oxygen atoms in total. The lowest BCUT2D eigenvalue weighted by atomic mass is 9.86. The SMILES string of the molecule is Cc1cccc(C)c1CC(Cc1c(C)cccc1C)C(=O)O. The Bertz CT molecular complexity index is 592. The van der Waals surface area contributed by atoms with Crippen LogP contribution in [0.5, 0.6) is 0 Å². The van der Waals surface area contributed by atoms with Gasteiger partial charge in [0.15, 0.2) is 0 Å². The van der Waals surface area contributed by atoms with Crippen LogP contribution in [-0.2, 0) is 17.6 Å². The van der Waals surface area contributed by atoms with E-state index in [1.54, 1.807) is 0 Å². The second-order valence-corrected chi connectivity index (χ2v) is 6.18. The van der Waals surface area contributed by atoms with Crippen LogP contribution < -0.4 is 0 Å². The standard InChI is InChI=1S/C20H24O2/c1-13-7-5-8-14(2)18(13)11-17(20(21)22)12-19-15(3)9-6-10-16(19)4/h5-10,17H,11-12H2,1-4H3,(H,21,22). The minimum Gasteiger partial charge on any atom is -0.481 e. The lowest BCUT2D eigenvalue weighted by Gasteiger charge is -2.18. The summed E-state index contributed by atoms with van der Waals surface area (Å²) in [6.45, 7) is 8.22. The first kappa shape index (κ1) is 16.3. The fraction of sp³-hybridized carbons (Fsp3) is 0.350. The molecule has 0 saturated heterocycles. The second-order valence-electron chi connectivity index (χ2n) is 6.18. The zero-order valence-electron chi connectivity index (χ0n) is 13.8. The van der Waals surface area contributed by atoms with Crippen molar-refractivity contribution in [1.29, 1.82) is 0 Å². The number of benzene rings is 2. The molecule has 2 aromatic rings. The van der Waals surface area contributed by atoms with Crippen LogP contribution in [0.3, 0.4) is 0 Å². The molecule has 0 aliphatic rings. The van der Waals surface area contributed by atoms with Crippen LogP contribution >= 0.6 is 0 Å². The topological polar surface area (TPSA) is 37.3 Å². The number of aryl methyl sites for hydroxylation is 4. The van der Waals surface area contributed by atoms with Crippen LogP contribution in [0.2, 0.25) is 0 Å². The zero-order chi connectivity index (χ0) is 16.3. The molecule has 2 aromatic carbocycles. The Morgan fingerprint density at radius 2 is 1.14 bits per heavy atom. The van der Waals surface area contributed by atoms with Crippen LogP contribution in [0.1, 0.15) is 33.4 Å². The highest BCUT2D eigenvalue weighted by Gasteiger charge is 2.21. The Morgan fingerprint density at radius 1 is 0.818 bits per heavy atom. The maximum atomic E-state index is 11.8. The Kier molecular flexibility index (Phi) is 5.02. The van der Waals surface area contributed by atoms with E-state index in [2.05, 4.69) is 52.0 Å². The van der Waals surface area contributed by atoms with Crippen molar-refractivity contribution < 1.29 is 9.90 Å². The largest absolute Gasteiger partial charge is 0.481 e. The molecular weight excluding hydrogens is 272 g/mol. The predicted octanol–water partition coefficient (Wildman–Crippen LogP) is 4.41. The smallest absolute Gasteiger partial charge is 0.307 e. The summed E-state index contributed by atoms with van der Waals surface area (Å²) in [4.78, 5) is 11.8. The number of carboxylic acid groups (broad SMARTS) is 1. The monoisotopic (exact) mass is 296 g/mol. The zero-order valence-corrected chi connectivity index (χ0v) is 13.8. The van der Waals surface area contributed by atoms with Gasteiger partial charge < -0.3 is 5.11 Å². The molecule has 0 heterocycles. The van der Waals surface area contributed by atoms with Gasteiger partial charge in [-0.3, -0.25) is 4.79 Å². The number of aliphatic carboxylic acids is 1. The van der Waals surface area contributed by atoms with Crippen molar-refractivity contribution in [3.8, 4) is 0 Å². The highest BCUT2D eigenvalue weighted by Crippen LogP contribution is 2.23. The molecule has 0 saturated carbocycles. The quantitative estimate of drug-likeness (QED) is 0.887. The fourth-order valence-corrected chi connectivity index (χ4v) is 3.08. The lowest BCUT2D eigenvalue weighted by molar-refractivity contribution is -0.141. The van der Waals surface area contributed by atoms with Crippen LogP contribution in [0.4, 0.5) is 0 Å². The summed E-state index contributed by atoms with van der Waals surface area (Å²) in [5.41, 5.74) is 7.03. The summed E-state index contributed by atoms with van der Waals surface area (Å²) in [7, 11) is 0. The van der Waals surface area contributed by atoms with Gasteiger partial charge in [-0.15, -0.1) is 0 Å². The van der Waals surface area contributed by atoms with Crippen molar-refractivity contribution >= 4 is 5.97 Å². The average molecular weight is 296 g/mol. The maximum Gasteiger partial charge on any atom is 0.307 e. The molecule has 0 aliphatic carbocycles. The van der Waals surface area contributed by atoms with E-state index in [1.165, 1.54) is 33.4 Å². The first-order chi connectivity index (χ1) is 10.4. The average Bonchev–Trinajstić information content (AvgIpc) is 2.44. The Hall–Kier alpha value is -2.09. The van der Waals surface area contributed by atoms with E-state index in [0.717, 1.165) is 0 Å². The third-order valence-electron chi connectivity index (χ3n) is 4.54. The molecule has 0 atom stereocenters. The molecule has 0 bridgehead atoms. The van der Waals surface area contributed by atoms with Crippen molar-refractivity contribution in [3.05, 3.63) is 69.8 Å². The Morgan fingerprint density at radius 3 is 1.41 bits per heavy atom. The summed E-state index contributed by atoms with van der Waals surface area (Å²) in [5, 5.41) is 9.66. The molecule has 2 rings (SSSR count). The van der Waals surface area contributed by atoms with Crippen molar-refractivity contribution in [3.63, 3.8) is 0 Å². The normalized spacial score (nSPS) is 11.0. The van der Waals surface area contributed by atoms with Crippen molar-refractivity contribution in [2.24, 2.45) is 5.92 Å². The van der Waals surface area contributed by atoms with Gasteiger partial charge in [-0.2, -0.15) is 0 Å². The van der Waals surface area contributed by atoms with E-state index in [1.807, 2.05) is 12.1 Å². The van der Waals surface area contributed by atoms with E-state index in [9.17, 15) is 9.90 Å². The number of rotatable bonds is 5. The molecule has 1 N–H and O–H groups in total. The molecule has 22 heavy (non-hydrogen) atoms. The highest BCUT2D eigenvalue weighted by atomic mass is 16.4. The van der Waals surface area contributed by atoms with E-state index in [4.69, 9.17) is 0 Å². The summed E-state index contributed by atoms with van der Waals surface area (Å²) in [6, 6.07) is 12.3. The van der Waals surface area contributed by atoms with Crippen LogP contribution in [0.15, 0.2) is 36.4 Å².